The second kappa shape index (κ2) is 5.69. The molecule has 0 aliphatic carbocycles. The number of rotatable bonds is 3. The van der Waals surface area contributed by atoms with Gasteiger partial charge < -0.3 is 10.0 Å². The standard InChI is InChI=1S/C15H17NO3/c1-11-4-6-12(7-5-11)8-9-14(17)16-10-2-3-13(16)15(18)19/h4-9,13H,2-3,10H2,1H3,(H,18,19). The summed E-state index contributed by atoms with van der Waals surface area (Å²) in [5.74, 6) is -1.15. The lowest BCUT2D eigenvalue weighted by Crippen LogP contribution is -2.39. The van der Waals surface area contributed by atoms with Crippen molar-refractivity contribution in [2.24, 2.45) is 0 Å². The molecule has 1 aromatic carbocycles. The van der Waals surface area contributed by atoms with E-state index in [1.54, 1.807) is 6.08 Å². The summed E-state index contributed by atoms with van der Waals surface area (Å²) in [6.45, 7) is 2.52. The van der Waals surface area contributed by atoms with Crippen LogP contribution in [0, 0.1) is 6.92 Å². The molecule has 1 amide bonds. The molecule has 1 N–H and O–H groups in total. The summed E-state index contributed by atoms with van der Waals surface area (Å²) in [6.07, 6.45) is 4.46. The summed E-state index contributed by atoms with van der Waals surface area (Å²) in [5, 5.41) is 9.03. The number of hydrogen-bond acceptors (Lipinski definition) is 2. The van der Waals surface area contributed by atoms with Crippen LogP contribution in [-0.2, 0) is 9.59 Å². The second-order valence-corrected chi connectivity index (χ2v) is 4.77. The SMILES string of the molecule is Cc1ccc(C=CC(=O)N2CCCC2C(=O)O)cc1. The summed E-state index contributed by atoms with van der Waals surface area (Å²) in [7, 11) is 0. The summed E-state index contributed by atoms with van der Waals surface area (Å²) in [6, 6.07) is 7.13. The fraction of sp³-hybridized carbons (Fsp3) is 0.333. The maximum atomic E-state index is 12.0. The molecule has 19 heavy (non-hydrogen) atoms. The molecule has 1 saturated heterocycles. The molecule has 1 heterocycles. The zero-order chi connectivity index (χ0) is 13.8. The Morgan fingerprint density at radius 2 is 2.00 bits per heavy atom. The van der Waals surface area contributed by atoms with E-state index in [1.165, 1.54) is 11.0 Å². The van der Waals surface area contributed by atoms with Crippen molar-refractivity contribution in [2.75, 3.05) is 6.54 Å². The summed E-state index contributed by atoms with van der Waals surface area (Å²) in [5.41, 5.74) is 2.10. The fourth-order valence-electron chi connectivity index (χ4n) is 2.23. The largest absolute Gasteiger partial charge is 0.480 e. The van der Waals surface area contributed by atoms with E-state index >= 15 is 0 Å². The van der Waals surface area contributed by atoms with Gasteiger partial charge in [0.2, 0.25) is 5.91 Å². The highest BCUT2D eigenvalue weighted by molar-refractivity contribution is 5.94. The molecule has 1 fully saturated rings. The predicted octanol–water partition coefficient (Wildman–Crippen LogP) is 2.08. The number of likely N-dealkylation sites (tertiary alicyclic amines) is 1. The lowest BCUT2D eigenvalue weighted by Gasteiger charge is -2.19. The van der Waals surface area contributed by atoms with Crippen molar-refractivity contribution in [2.45, 2.75) is 25.8 Å². The van der Waals surface area contributed by atoms with Crippen LogP contribution in [0.1, 0.15) is 24.0 Å². The van der Waals surface area contributed by atoms with Gasteiger partial charge in [-0.2, -0.15) is 0 Å². The van der Waals surface area contributed by atoms with E-state index in [-0.39, 0.29) is 5.91 Å². The molecule has 2 rings (SSSR count). The first kappa shape index (κ1) is 13.3. The van der Waals surface area contributed by atoms with Gasteiger partial charge in [0.1, 0.15) is 6.04 Å². The first-order chi connectivity index (χ1) is 9.08. The summed E-state index contributed by atoms with van der Waals surface area (Å²) in [4.78, 5) is 24.4. The van der Waals surface area contributed by atoms with Gasteiger partial charge in [0.05, 0.1) is 0 Å². The van der Waals surface area contributed by atoms with Crippen LogP contribution in [0.2, 0.25) is 0 Å². The number of carbonyl (C=O) groups is 2. The van der Waals surface area contributed by atoms with Crippen molar-refractivity contribution in [3.05, 3.63) is 41.5 Å². The molecule has 1 aliphatic rings. The number of amides is 1. The Morgan fingerprint density at radius 3 is 2.63 bits per heavy atom. The number of carbonyl (C=O) groups excluding carboxylic acids is 1. The number of carboxylic acids is 1. The van der Waals surface area contributed by atoms with Crippen molar-refractivity contribution in [1.29, 1.82) is 0 Å². The molecule has 1 aliphatic heterocycles. The van der Waals surface area contributed by atoms with Gasteiger partial charge in [0.25, 0.3) is 0 Å². The average molecular weight is 259 g/mol. The molecule has 1 unspecified atom stereocenters. The molecule has 0 radical (unpaired) electrons. The zero-order valence-corrected chi connectivity index (χ0v) is 10.9. The van der Waals surface area contributed by atoms with Gasteiger partial charge >= 0.3 is 5.97 Å². The molecule has 0 spiro atoms. The third-order valence-corrected chi connectivity index (χ3v) is 3.32. The molecule has 0 aromatic heterocycles. The van der Waals surface area contributed by atoms with Crippen LogP contribution in [0.3, 0.4) is 0 Å². The number of nitrogens with zero attached hydrogens (tertiary/aromatic N) is 1. The third kappa shape index (κ3) is 3.22. The molecule has 100 valence electrons. The van der Waals surface area contributed by atoms with Gasteiger partial charge in [-0.3, -0.25) is 4.79 Å². The number of aryl methyl sites for hydroxylation is 1. The van der Waals surface area contributed by atoms with E-state index < -0.39 is 12.0 Å². The van der Waals surface area contributed by atoms with Crippen molar-refractivity contribution < 1.29 is 14.7 Å². The molecule has 1 aromatic rings. The minimum atomic E-state index is -0.922. The first-order valence-corrected chi connectivity index (χ1v) is 6.36. The maximum Gasteiger partial charge on any atom is 0.326 e. The van der Waals surface area contributed by atoms with Crippen LogP contribution in [0.25, 0.3) is 6.08 Å². The average Bonchev–Trinajstić information content (AvgIpc) is 2.87. The highest BCUT2D eigenvalue weighted by Crippen LogP contribution is 2.18. The Labute approximate surface area is 112 Å². The van der Waals surface area contributed by atoms with E-state index in [4.69, 9.17) is 5.11 Å². The Morgan fingerprint density at radius 1 is 1.32 bits per heavy atom. The topological polar surface area (TPSA) is 57.6 Å². The van der Waals surface area contributed by atoms with E-state index in [9.17, 15) is 9.59 Å². The van der Waals surface area contributed by atoms with Crippen molar-refractivity contribution >= 4 is 18.0 Å². The molecule has 0 saturated carbocycles. The number of benzene rings is 1. The molecule has 0 bridgehead atoms. The Balaban J connectivity index is 2.04. The van der Waals surface area contributed by atoms with E-state index in [0.717, 1.165) is 17.5 Å². The normalized spacial score (nSPS) is 19.0. The van der Waals surface area contributed by atoms with Crippen molar-refractivity contribution in [3.63, 3.8) is 0 Å². The molecular formula is C15H17NO3. The van der Waals surface area contributed by atoms with E-state index in [2.05, 4.69) is 0 Å². The van der Waals surface area contributed by atoms with Crippen molar-refractivity contribution in [3.8, 4) is 0 Å². The Bertz CT molecular complexity index is 505. The van der Waals surface area contributed by atoms with Gasteiger partial charge in [-0.05, 0) is 31.4 Å². The molecule has 4 nitrogen and oxygen atoms in total. The van der Waals surface area contributed by atoms with Gasteiger partial charge in [-0.1, -0.05) is 29.8 Å². The lowest BCUT2D eigenvalue weighted by atomic mass is 10.1. The lowest BCUT2D eigenvalue weighted by molar-refractivity contribution is -0.146. The van der Waals surface area contributed by atoms with Crippen LogP contribution in [-0.4, -0.2) is 34.5 Å². The fourth-order valence-corrected chi connectivity index (χ4v) is 2.23. The van der Waals surface area contributed by atoms with Crippen LogP contribution < -0.4 is 0 Å². The highest BCUT2D eigenvalue weighted by atomic mass is 16.4. The smallest absolute Gasteiger partial charge is 0.326 e. The second-order valence-electron chi connectivity index (χ2n) is 4.77. The summed E-state index contributed by atoms with van der Waals surface area (Å²) < 4.78 is 0. The van der Waals surface area contributed by atoms with E-state index in [1.807, 2.05) is 31.2 Å². The Hall–Kier alpha value is -2.10. The minimum Gasteiger partial charge on any atom is -0.480 e. The van der Waals surface area contributed by atoms with Gasteiger partial charge in [0.15, 0.2) is 0 Å². The molecule has 1 atom stereocenters. The zero-order valence-electron chi connectivity index (χ0n) is 10.9. The van der Waals surface area contributed by atoms with Crippen LogP contribution in [0.5, 0.6) is 0 Å². The third-order valence-electron chi connectivity index (χ3n) is 3.32. The van der Waals surface area contributed by atoms with E-state index in [0.29, 0.717) is 13.0 Å². The quantitative estimate of drug-likeness (QED) is 0.845. The van der Waals surface area contributed by atoms with Crippen molar-refractivity contribution in [1.82, 2.24) is 4.90 Å². The van der Waals surface area contributed by atoms with Gasteiger partial charge in [-0.25, -0.2) is 4.79 Å². The van der Waals surface area contributed by atoms with Gasteiger partial charge in [-0.15, -0.1) is 0 Å². The van der Waals surface area contributed by atoms with Gasteiger partial charge in [0, 0.05) is 12.6 Å². The number of carboxylic acid groups (broad SMARTS) is 1. The summed E-state index contributed by atoms with van der Waals surface area (Å²) >= 11 is 0. The minimum absolute atomic E-state index is 0.231. The molecular weight excluding hydrogens is 242 g/mol. The first-order valence-electron chi connectivity index (χ1n) is 6.36. The molecule has 4 heteroatoms. The maximum absolute atomic E-state index is 12.0. The monoisotopic (exact) mass is 259 g/mol. The predicted molar refractivity (Wildman–Crippen MR) is 72.6 cm³/mol. The number of aliphatic carboxylic acids is 1. The number of hydrogen-bond donors (Lipinski definition) is 1. The Kier molecular flexibility index (Phi) is 4.00. The highest BCUT2D eigenvalue weighted by Gasteiger charge is 2.32. The van der Waals surface area contributed by atoms with Crippen LogP contribution in [0.4, 0.5) is 0 Å². The van der Waals surface area contributed by atoms with Crippen LogP contribution >= 0.6 is 0 Å². The van der Waals surface area contributed by atoms with Crippen LogP contribution in [0.15, 0.2) is 30.3 Å².